The molecule has 1 aromatic heterocycles. The van der Waals surface area contributed by atoms with E-state index in [-0.39, 0.29) is 17.2 Å². The second-order valence-corrected chi connectivity index (χ2v) is 8.25. The SMILES string of the molecule is CCCn1c(=O)c2ccccc2n(Cc2ccc(C(=O)NCCN3CCOCC3)cc2)c1=O. The molecule has 3 aromatic rings. The first kappa shape index (κ1) is 22.9. The molecule has 0 spiro atoms. The van der Waals surface area contributed by atoms with Crippen LogP contribution in [0.25, 0.3) is 10.9 Å². The first-order valence-electron chi connectivity index (χ1n) is 11.5. The molecule has 1 fully saturated rings. The molecule has 0 saturated carbocycles. The van der Waals surface area contributed by atoms with Crippen molar-refractivity contribution < 1.29 is 9.53 Å². The highest BCUT2D eigenvalue weighted by Crippen LogP contribution is 2.12. The smallest absolute Gasteiger partial charge is 0.331 e. The van der Waals surface area contributed by atoms with Gasteiger partial charge in [0.1, 0.15) is 0 Å². The minimum atomic E-state index is -0.314. The minimum Gasteiger partial charge on any atom is -0.379 e. The van der Waals surface area contributed by atoms with Crippen LogP contribution in [0.5, 0.6) is 0 Å². The normalized spacial score (nSPS) is 14.5. The molecule has 1 saturated heterocycles. The number of benzene rings is 2. The number of morpholine rings is 1. The molecular weight excluding hydrogens is 420 g/mol. The standard InChI is InChI=1S/C25H30N4O4/c1-2-12-28-24(31)21-5-3-4-6-22(21)29(25(28)32)18-19-7-9-20(10-8-19)23(30)26-11-13-27-14-16-33-17-15-27/h3-10H,2,11-18H2,1H3,(H,26,30). The summed E-state index contributed by atoms with van der Waals surface area (Å²) < 4.78 is 8.27. The van der Waals surface area contributed by atoms with Crippen LogP contribution >= 0.6 is 0 Å². The third kappa shape index (κ3) is 5.23. The topological polar surface area (TPSA) is 85.6 Å². The predicted octanol–water partition coefficient (Wildman–Crippen LogP) is 1.68. The van der Waals surface area contributed by atoms with Crippen LogP contribution < -0.4 is 16.6 Å². The van der Waals surface area contributed by atoms with Crippen LogP contribution in [0.4, 0.5) is 0 Å². The van der Waals surface area contributed by atoms with Crippen molar-refractivity contribution >= 4 is 16.8 Å². The average Bonchev–Trinajstić information content (AvgIpc) is 2.85. The summed E-state index contributed by atoms with van der Waals surface area (Å²) >= 11 is 0. The van der Waals surface area contributed by atoms with Crippen LogP contribution in [-0.2, 0) is 17.8 Å². The van der Waals surface area contributed by atoms with Crippen LogP contribution in [0.1, 0.15) is 29.3 Å². The highest BCUT2D eigenvalue weighted by atomic mass is 16.5. The van der Waals surface area contributed by atoms with Crippen molar-refractivity contribution in [3.05, 3.63) is 80.5 Å². The number of para-hydroxylation sites is 1. The molecule has 0 unspecified atom stereocenters. The van der Waals surface area contributed by atoms with Crippen molar-refractivity contribution in [1.82, 2.24) is 19.4 Å². The number of rotatable bonds is 8. The minimum absolute atomic E-state index is 0.117. The van der Waals surface area contributed by atoms with Crippen LogP contribution in [-0.4, -0.2) is 59.3 Å². The number of hydrogen-bond donors (Lipinski definition) is 1. The fraction of sp³-hybridized carbons (Fsp3) is 0.400. The number of ether oxygens (including phenoxy) is 1. The van der Waals surface area contributed by atoms with Gasteiger partial charge in [-0.25, -0.2) is 4.79 Å². The summed E-state index contributed by atoms with van der Waals surface area (Å²) in [6.07, 6.45) is 0.697. The zero-order chi connectivity index (χ0) is 23.2. The Kier molecular flexibility index (Phi) is 7.36. The molecule has 8 nitrogen and oxygen atoms in total. The monoisotopic (exact) mass is 450 g/mol. The fourth-order valence-electron chi connectivity index (χ4n) is 4.14. The van der Waals surface area contributed by atoms with Crippen molar-refractivity contribution in [2.45, 2.75) is 26.4 Å². The summed E-state index contributed by atoms with van der Waals surface area (Å²) in [5.41, 5.74) is 1.51. The second-order valence-electron chi connectivity index (χ2n) is 8.25. The van der Waals surface area contributed by atoms with E-state index in [1.807, 2.05) is 25.1 Å². The molecule has 2 aromatic carbocycles. The molecule has 0 aliphatic carbocycles. The van der Waals surface area contributed by atoms with E-state index < -0.39 is 0 Å². The van der Waals surface area contributed by atoms with E-state index in [1.165, 1.54) is 4.57 Å². The Morgan fingerprint density at radius 1 is 0.970 bits per heavy atom. The molecule has 4 rings (SSSR count). The Morgan fingerprint density at radius 2 is 1.70 bits per heavy atom. The van der Waals surface area contributed by atoms with Gasteiger partial charge in [-0.1, -0.05) is 31.2 Å². The Hall–Kier alpha value is -3.23. The molecule has 0 radical (unpaired) electrons. The second kappa shape index (κ2) is 10.6. The van der Waals surface area contributed by atoms with E-state index in [1.54, 1.807) is 34.9 Å². The van der Waals surface area contributed by atoms with Gasteiger partial charge >= 0.3 is 5.69 Å². The van der Waals surface area contributed by atoms with E-state index in [0.717, 1.165) is 38.4 Å². The average molecular weight is 451 g/mol. The lowest BCUT2D eigenvalue weighted by Crippen LogP contribution is -2.41. The Morgan fingerprint density at radius 3 is 2.42 bits per heavy atom. The first-order valence-corrected chi connectivity index (χ1v) is 11.5. The summed E-state index contributed by atoms with van der Waals surface area (Å²) in [7, 11) is 0. The molecule has 174 valence electrons. The summed E-state index contributed by atoms with van der Waals surface area (Å²) in [6.45, 7) is 7.30. The van der Waals surface area contributed by atoms with Gasteiger partial charge in [0.25, 0.3) is 11.5 Å². The molecule has 8 heteroatoms. The Bertz CT molecular complexity index is 1220. The Balaban J connectivity index is 1.48. The van der Waals surface area contributed by atoms with Crippen molar-refractivity contribution in [3.8, 4) is 0 Å². The molecule has 1 N–H and O–H groups in total. The van der Waals surface area contributed by atoms with Crippen molar-refractivity contribution in [1.29, 1.82) is 0 Å². The molecule has 1 aliphatic rings. The number of carbonyl (C=O) groups is 1. The number of nitrogens with one attached hydrogen (secondary N) is 1. The van der Waals surface area contributed by atoms with Gasteiger partial charge in [-0.2, -0.15) is 0 Å². The maximum absolute atomic E-state index is 13.1. The molecule has 2 heterocycles. The van der Waals surface area contributed by atoms with Gasteiger partial charge in [-0.05, 0) is 36.2 Å². The van der Waals surface area contributed by atoms with E-state index in [9.17, 15) is 14.4 Å². The van der Waals surface area contributed by atoms with Crippen molar-refractivity contribution in [2.75, 3.05) is 39.4 Å². The van der Waals surface area contributed by atoms with E-state index >= 15 is 0 Å². The summed E-state index contributed by atoms with van der Waals surface area (Å²) in [6, 6.07) is 14.4. The van der Waals surface area contributed by atoms with E-state index in [0.29, 0.717) is 42.5 Å². The Labute approximate surface area is 192 Å². The van der Waals surface area contributed by atoms with Crippen molar-refractivity contribution in [2.24, 2.45) is 0 Å². The number of aromatic nitrogens is 2. The third-order valence-corrected chi connectivity index (χ3v) is 5.95. The lowest BCUT2D eigenvalue weighted by atomic mass is 10.1. The summed E-state index contributed by atoms with van der Waals surface area (Å²) in [5, 5.41) is 3.49. The van der Waals surface area contributed by atoms with Crippen LogP contribution in [0.3, 0.4) is 0 Å². The van der Waals surface area contributed by atoms with Gasteiger partial charge in [-0.3, -0.25) is 23.6 Å². The molecule has 33 heavy (non-hydrogen) atoms. The van der Waals surface area contributed by atoms with E-state index in [2.05, 4.69) is 10.2 Å². The van der Waals surface area contributed by atoms with Crippen LogP contribution in [0.15, 0.2) is 58.1 Å². The van der Waals surface area contributed by atoms with Crippen LogP contribution in [0.2, 0.25) is 0 Å². The number of hydrogen-bond acceptors (Lipinski definition) is 5. The maximum Gasteiger partial charge on any atom is 0.331 e. The lowest BCUT2D eigenvalue weighted by molar-refractivity contribution is 0.0383. The largest absolute Gasteiger partial charge is 0.379 e. The van der Waals surface area contributed by atoms with Crippen LogP contribution in [0, 0.1) is 0 Å². The number of nitrogens with zero attached hydrogens (tertiary/aromatic N) is 3. The van der Waals surface area contributed by atoms with Gasteiger partial charge in [0, 0.05) is 38.3 Å². The lowest BCUT2D eigenvalue weighted by Gasteiger charge is -2.26. The summed E-state index contributed by atoms with van der Waals surface area (Å²) in [5.74, 6) is -0.117. The highest BCUT2D eigenvalue weighted by molar-refractivity contribution is 5.94. The van der Waals surface area contributed by atoms with Gasteiger partial charge < -0.3 is 10.1 Å². The predicted molar refractivity (Wildman–Crippen MR) is 128 cm³/mol. The maximum atomic E-state index is 13.1. The van der Waals surface area contributed by atoms with Gasteiger partial charge in [0.15, 0.2) is 0 Å². The molecule has 1 amide bonds. The van der Waals surface area contributed by atoms with Gasteiger partial charge in [0.2, 0.25) is 0 Å². The van der Waals surface area contributed by atoms with Crippen molar-refractivity contribution in [3.63, 3.8) is 0 Å². The van der Waals surface area contributed by atoms with E-state index in [4.69, 9.17) is 4.74 Å². The summed E-state index contributed by atoms with van der Waals surface area (Å²) in [4.78, 5) is 40.6. The fourth-order valence-corrected chi connectivity index (χ4v) is 4.14. The molecule has 1 aliphatic heterocycles. The number of fused-ring (bicyclic) bond motifs is 1. The molecular formula is C25H30N4O4. The highest BCUT2D eigenvalue weighted by Gasteiger charge is 2.14. The van der Waals surface area contributed by atoms with Gasteiger partial charge in [0.05, 0.1) is 30.7 Å². The zero-order valence-corrected chi connectivity index (χ0v) is 19.0. The molecule has 0 bridgehead atoms. The zero-order valence-electron chi connectivity index (χ0n) is 19.0. The quantitative estimate of drug-likeness (QED) is 0.565. The third-order valence-electron chi connectivity index (χ3n) is 5.95. The molecule has 0 atom stereocenters. The first-order chi connectivity index (χ1) is 16.1. The number of carbonyl (C=O) groups excluding carboxylic acids is 1. The number of amides is 1. The van der Waals surface area contributed by atoms with Gasteiger partial charge in [-0.15, -0.1) is 0 Å².